The van der Waals surface area contributed by atoms with Crippen molar-refractivity contribution >= 4 is 11.7 Å². The maximum absolute atomic E-state index is 13.7. The summed E-state index contributed by atoms with van der Waals surface area (Å²) >= 11 is 0. The summed E-state index contributed by atoms with van der Waals surface area (Å²) < 4.78 is 52.5. The number of carbonyl (C=O) groups excluding carboxylic acids is 1. The molecule has 0 atom stereocenters. The topological polar surface area (TPSA) is 49.3 Å². The summed E-state index contributed by atoms with van der Waals surface area (Å²) in [5, 5.41) is 0. The molecule has 1 amide bonds. The van der Waals surface area contributed by atoms with Gasteiger partial charge in [0.25, 0.3) is 5.91 Å². The Morgan fingerprint density at radius 1 is 1.04 bits per heavy atom. The van der Waals surface area contributed by atoms with Gasteiger partial charge in [-0.3, -0.25) is 4.79 Å². The number of alkyl halides is 3. The summed E-state index contributed by atoms with van der Waals surface area (Å²) in [5.74, 6) is -0.532. The van der Waals surface area contributed by atoms with Crippen molar-refractivity contribution in [3.8, 4) is 0 Å². The van der Waals surface area contributed by atoms with Crippen LogP contribution < -0.4 is 4.90 Å². The smallest absolute Gasteiger partial charge is 0.353 e. The van der Waals surface area contributed by atoms with Gasteiger partial charge in [0.05, 0.1) is 0 Å². The van der Waals surface area contributed by atoms with Crippen molar-refractivity contribution in [1.29, 1.82) is 0 Å². The van der Waals surface area contributed by atoms with E-state index < -0.39 is 17.7 Å². The van der Waals surface area contributed by atoms with E-state index >= 15 is 0 Å². The van der Waals surface area contributed by atoms with Crippen molar-refractivity contribution < 1.29 is 22.4 Å². The van der Waals surface area contributed by atoms with Crippen molar-refractivity contribution in [2.45, 2.75) is 20.0 Å². The third kappa shape index (κ3) is 4.17. The van der Waals surface area contributed by atoms with E-state index in [1.165, 1.54) is 13.0 Å². The molecule has 0 unspecified atom stereocenters. The fourth-order valence-corrected chi connectivity index (χ4v) is 2.91. The van der Waals surface area contributed by atoms with Gasteiger partial charge in [0.1, 0.15) is 23.2 Å². The van der Waals surface area contributed by atoms with Crippen LogP contribution in [0.15, 0.2) is 24.3 Å². The van der Waals surface area contributed by atoms with Crippen LogP contribution in [0.25, 0.3) is 0 Å². The first-order valence-corrected chi connectivity index (χ1v) is 8.38. The Hall–Kier alpha value is -2.71. The zero-order chi connectivity index (χ0) is 19.8. The molecule has 27 heavy (non-hydrogen) atoms. The number of hydrogen-bond donors (Lipinski definition) is 0. The van der Waals surface area contributed by atoms with Crippen LogP contribution in [-0.4, -0.2) is 47.0 Å². The lowest BCUT2D eigenvalue weighted by Crippen LogP contribution is -2.49. The maximum atomic E-state index is 13.7. The fourth-order valence-electron chi connectivity index (χ4n) is 2.91. The molecule has 1 aromatic carbocycles. The van der Waals surface area contributed by atoms with E-state index in [4.69, 9.17) is 0 Å². The minimum absolute atomic E-state index is 0.0356. The Morgan fingerprint density at radius 3 is 2.30 bits per heavy atom. The van der Waals surface area contributed by atoms with Gasteiger partial charge in [-0.15, -0.1) is 0 Å². The number of piperazine rings is 1. The zero-order valence-electron chi connectivity index (χ0n) is 14.8. The van der Waals surface area contributed by atoms with E-state index in [2.05, 4.69) is 9.97 Å². The Kier molecular flexibility index (Phi) is 5.03. The summed E-state index contributed by atoms with van der Waals surface area (Å²) in [6.45, 7) is 4.28. The molecule has 2 heterocycles. The Morgan fingerprint density at radius 2 is 1.70 bits per heavy atom. The highest BCUT2D eigenvalue weighted by Gasteiger charge is 2.34. The average molecular weight is 382 g/mol. The van der Waals surface area contributed by atoms with Gasteiger partial charge in [-0.1, -0.05) is 6.07 Å². The summed E-state index contributed by atoms with van der Waals surface area (Å²) in [7, 11) is 0. The van der Waals surface area contributed by atoms with E-state index in [-0.39, 0.29) is 23.1 Å². The number of aromatic nitrogens is 2. The van der Waals surface area contributed by atoms with E-state index in [0.717, 1.165) is 6.07 Å². The number of rotatable bonds is 2. The van der Waals surface area contributed by atoms with Gasteiger partial charge in [0.15, 0.2) is 0 Å². The Labute approximate surface area is 153 Å². The first-order valence-electron chi connectivity index (χ1n) is 8.38. The molecule has 1 aliphatic heterocycles. The lowest BCUT2D eigenvalue weighted by Gasteiger charge is -2.35. The van der Waals surface area contributed by atoms with Crippen molar-refractivity contribution in [3.05, 3.63) is 52.7 Å². The third-order valence-electron chi connectivity index (χ3n) is 4.42. The van der Waals surface area contributed by atoms with Crippen molar-refractivity contribution in [1.82, 2.24) is 14.9 Å². The lowest BCUT2D eigenvalue weighted by molar-refractivity contribution is -0.141. The maximum Gasteiger partial charge on any atom is 0.433 e. The number of aryl methyl sites for hydroxylation is 2. The molecule has 9 heteroatoms. The lowest BCUT2D eigenvalue weighted by atomic mass is 10.1. The largest absolute Gasteiger partial charge is 0.433 e. The van der Waals surface area contributed by atoms with Gasteiger partial charge in [-0.05, 0) is 31.5 Å². The number of hydrogen-bond acceptors (Lipinski definition) is 4. The predicted octanol–water partition coefficient (Wildman–Crippen LogP) is 3.21. The van der Waals surface area contributed by atoms with Gasteiger partial charge in [0.2, 0.25) is 0 Å². The molecule has 0 saturated carbocycles. The molecular weight excluding hydrogens is 364 g/mol. The van der Waals surface area contributed by atoms with Gasteiger partial charge in [-0.25, -0.2) is 14.4 Å². The van der Waals surface area contributed by atoms with Gasteiger partial charge >= 0.3 is 6.18 Å². The molecule has 0 radical (unpaired) electrons. The van der Waals surface area contributed by atoms with E-state index in [1.807, 2.05) is 0 Å². The van der Waals surface area contributed by atoms with Crippen LogP contribution in [0, 0.1) is 19.7 Å². The van der Waals surface area contributed by atoms with Gasteiger partial charge < -0.3 is 9.80 Å². The molecule has 1 aliphatic rings. The average Bonchev–Trinajstić information content (AvgIpc) is 2.62. The molecule has 0 spiro atoms. The van der Waals surface area contributed by atoms with Crippen molar-refractivity contribution in [2.75, 3.05) is 31.1 Å². The summed E-state index contributed by atoms with van der Waals surface area (Å²) in [6.07, 6.45) is -4.55. The number of carbonyl (C=O) groups is 1. The predicted molar refractivity (Wildman–Crippen MR) is 91.0 cm³/mol. The first kappa shape index (κ1) is 19.1. The monoisotopic (exact) mass is 382 g/mol. The number of amides is 1. The second kappa shape index (κ2) is 7.13. The van der Waals surface area contributed by atoms with E-state index in [1.54, 1.807) is 28.9 Å². The van der Waals surface area contributed by atoms with Crippen LogP contribution in [-0.2, 0) is 6.18 Å². The summed E-state index contributed by atoms with van der Waals surface area (Å²) in [6, 6.07) is 5.23. The van der Waals surface area contributed by atoms with Crippen LogP contribution in [0.5, 0.6) is 0 Å². The fraction of sp³-hybridized carbons (Fsp3) is 0.389. The second-order valence-electron chi connectivity index (χ2n) is 6.40. The molecule has 5 nitrogen and oxygen atoms in total. The van der Waals surface area contributed by atoms with Crippen LogP contribution >= 0.6 is 0 Å². The molecule has 144 valence electrons. The highest BCUT2D eigenvalue weighted by molar-refractivity contribution is 5.94. The summed E-state index contributed by atoms with van der Waals surface area (Å²) in [5.41, 5.74) is -0.279. The van der Waals surface area contributed by atoms with Crippen LogP contribution in [0.2, 0.25) is 0 Å². The standard InChI is InChI=1S/C18H18F4N4O/c1-11-3-4-13(9-14(11)19)17(27)26-7-5-25(6-8-26)16-10-15(18(20,21)22)23-12(2)24-16/h3-4,9-10H,5-8H2,1-2H3. The molecule has 2 aromatic rings. The molecule has 0 bridgehead atoms. The van der Waals surface area contributed by atoms with E-state index in [9.17, 15) is 22.4 Å². The normalized spacial score (nSPS) is 15.2. The molecule has 0 N–H and O–H groups in total. The molecule has 0 aliphatic carbocycles. The van der Waals surface area contributed by atoms with Gasteiger partial charge in [-0.2, -0.15) is 13.2 Å². The van der Waals surface area contributed by atoms with Crippen LogP contribution in [0.3, 0.4) is 0 Å². The highest BCUT2D eigenvalue weighted by atomic mass is 19.4. The number of benzene rings is 1. The SMILES string of the molecule is Cc1nc(N2CCN(C(=O)c3ccc(C)c(F)c3)CC2)cc(C(F)(F)F)n1. The first-order chi connectivity index (χ1) is 12.6. The zero-order valence-corrected chi connectivity index (χ0v) is 14.8. The summed E-state index contributed by atoms with van der Waals surface area (Å²) in [4.78, 5) is 23.3. The number of nitrogens with zero attached hydrogens (tertiary/aromatic N) is 4. The number of anilines is 1. The third-order valence-corrected chi connectivity index (χ3v) is 4.42. The molecule has 1 fully saturated rings. The molecule has 3 rings (SSSR count). The minimum Gasteiger partial charge on any atom is -0.353 e. The molecule has 1 aromatic heterocycles. The Bertz CT molecular complexity index is 861. The molecule has 1 saturated heterocycles. The molecular formula is C18H18F4N4O. The van der Waals surface area contributed by atoms with Crippen molar-refractivity contribution in [2.24, 2.45) is 0 Å². The van der Waals surface area contributed by atoms with Gasteiger partial charge in [0, 0.05) is 37.8 Å². The highest BCUT2D eigenvalue weighted by Crippen LogP contribution is 2.30. The Balaban J connectivity index is 1.71. The number of halogens is 4. The minimum atomic E-state index is -4.55. The van der Waals surface area contributed by atoms with Crippen molar-refractivity contribution in [3.63, 3.8) is 0 Å². The van der Waals surface area contributed by atoms with Crippen LogP contribution in [0.4, 0.5) is 23.4 Å². The quantitative estimate of drug-likeness (QED) is 0.749. The van der Waals surface area contributed by atoms with Crippen LogP contribution in [0.1, 0.15) is 27.4 Å². The second-order valence-corrected chi connectivity index (χ2v) is 6.40. The van der Waals surface area contributed by atoms with E-state index in [0.29, 0.717) is 31.7 Å².